The van der Waals surface area contributed by atoms with Crippen molar-refractivity contribution in [2.45, 2.75) is 25.9 Å². The zero-order valence-corrected chi connectivity index (χ0v) is 14.9. The van der Waals surface area contributed by atoms with Crippen molar-refractivity contribution in [2.24, 2.45) is 0 Å². The summed E-state index contributed by atoms with van der Waals surface area (Å²) in [5.41, 5.74) is 2.38. The lowest BCUT2D eigenvalue weighted by molar-refractivity contribution is -0.0165. The van der Waals surface area contributed by atoms with Crippen molar-refractivity contribution >= 4 is 11.0 Å². The number of hydrogen-bond acceptors (Lipinski definition) is 5. The smallest absolute Gasteiger partial charge is 0.336 e. The van der Waals surface area contributed by atoms with Gasteiger partial charge in [0.1, 0.15) is 18.1 Å². The minimum absolute atomic E-state index is 0.00960. The highest BCUT2D eigenvalue weighted by Gasteiger charge is 2.32. The van der Waals surface area contributed by atoms with E-state index in [1.807, 2.05) is 61.2 Å². The molecule has 1 aliphatic rings. The highest BCUT2D eigenvalue weighted by molar-refractivity contribution is 5.95. The number of rotatable bonds is 3. The zero-order chi connectivity index (χ0) is 18.3. The molecule has 0 saturated carbocycles. The summed E-state index contributed by atoms with van der Waals surface area (Å²) in [5.74, 6) is 0.718. The first kappa shape index (κ1) is 16.8. The van der Waals surface area contributed by atoms with Crippen molar-refractivity contribution in [3.8, 4) is 16.9 Å². The highest BCUT2D eigenvalue weighted by atomic mass is 16.5. The average molecular weight is 351 g/mol. The van der Waals surface area contributed by atoms with Gasteiger partial charge in [0.25, 0.3) is 0 Å². The van der Waals surface area contributed by atoms with Gasteiger partial charge in [-0.05, 0) is 37.1 Å². The van der Waals surface area contributed by atoms with Crippen LogP contribution in [0, 0.1) is 0 Å². The quantitative estimate of drug-likeness (QED) is 0.733. The molecule has 1 N–H and O–H groups in total. The van der Waals surface area contributed by atoms with Gasteiger partial charge in [0.05, 0.1) is 12.2 Å². The Morgan fingerprint density at radius 1 is 1.15 bits per heavy atom. The Bertz CT molecular complexity index is 1010. The molecule has 5 nitrogen and oxygen atoms in total. The summed E-state index contributed by atoms with van der Waals surface area (Å²) in [4.78, 5) is 14.3. The standard InChI is InChI=1S/C21H21NO4/c1-21(2,12-23)22-11-17-18(25-13-22)9-8-15-16(10-19(24)26-20(15)17)14-6-4-3-5-7-14/h3-10,23H,11-13H2,1-2H3. The first-order chi connectivity index (χ1) is 12.5. The SMILES string of the molecule is CC(C)(CO)N1COc2ccc3c(-c4ccccc4)cc(=O)oc3c2C1. The predicted molar refractivity (Wildman–Crippen MR) is 100 cm³/mol. The molecule has 0 atom stereocenters. The molecule has 134 valence electrons. The maximum atomic E-state index is 12.2. The molecular formula is C21H21NO4. The van der Waals surface area contributed by atoms with Crippen LogP contribution in [0.2, 0.25) is 0 Å². The van der Waals surface area contributed by atoms with Crippen molar-refractivity contribution in [2.75, 3.05) is 13.3 Å². The number of benzene rings is 2. The lowest BCUT2D eigenvalue weighted by Gasteiger charge is -2.39. The van der Waals surface area contributed by atoms with Crippen molar-refractivity contribution in [3.05, 3.63) is 64.5 Å². The summed E-state index contributed by atoms with van der Waals surface area (Å²) in [7, 11) is 0. The van der Waals surface area contributed by atoms with Gasteiger partial charge in [-0.2, -0.15) is 0 Å². The Labute approximate surface area is 151 Å². The fourth-order valence-corrected chi connectivity index (χ4v) is 3.28. The van der Waals surface area contributed by atoms with E-state index in [-0.39, 0.29) is 12.2 Å². The van der Waals surface area contributed by atoms with Crippen LogP contribution in [0.1, 0.15) is 19.4 Å². The molecule has 2 heterocycles. The molecule has 0 spiro atoms. The molecule has 4 rings (SSSR count). The van der Waals surface area contributed by atoms with Crippen LogP contribution < -0.4 is 10.4 Å². The van der Waals surface area contributed by atoms with E-state index in [0.29, 0.717) is 18.9 Å². The molecule has 0 radical (unpaired) electrons. The number of aliphatic hydroxyl groups is 1. The number of hydrogen-bond donors (Lipinski definition) is 1. The minimum Gasteiger partial charge on any atom is -0.478 e. The van der Waals surface area contributed by atoms with Gasteiger partial charge in [-0.15, -0.1) is 0 Å². The van der Waals surface area contributed by atoms with E-state index in [0.717, 1.165) is 27.8 Å². The van der Waals surface area contributed by atoms with Crippen LogP contribution in [-0.4, -0.2) is 28.9 Å². The fraction of sp³-hybridized carbons (Fsp3) is 0.286. The number of nitrogens with zero attached hydrogens (tertiary/aromatic N) is 1. The molecule has 0 bridgehead atoms. The van der Waals surface area contributed by atoms with Crippen molar-refractivity contribution in [1.29, 1.82) is 0 Å². The maximum Gasteiger partial charge on any atom is 0.336 e. The highest BCUT2D eigenvalue weighted by Crippen LogP contribution is 2.37. The Morgan fingerprint density at radius 3 is 2.65 bits per heavy atom. The molecule has 0 aliphatic carbocycles. The van der Waals surface area contributed by atoms with Gasteiger partial charge in [-0.1, -0.05) is 30.3 Å². The van der Waals surface area contributed by atoms with Gasteiger partial charge in [0.2, 0.25) is 0 Å². The Balaban J connectivity index is 1.91. The lowest BCUT2D eigenvalue weighted by atomic mass is 9.97. The Morgan fingerprint density at radius 2 is 1.92 bits per heavy atom. The second kappa shape index (κ2) is 6.27. The van der Waals surface area contributed by atoms with E-state index in [2.05, 4.69) is 0 Å². The molecule has 1 aliphatic heterocycles. The molecule has 0 fully saturated rings. The summed E-state index contributed by atoms with van der Waals surface area (Å²) in [6.45, 7) is 4.85. The van der Waals surface area contributed by atoms with Crippen LogP contribution in [0.4, 0.5) is 0 Å². The Kier molecular flexibility index (Phi) is 4.05. The van der Waals surface area contributed by atoms with Crippen molar-refractivity contribution in [1.82, 2.24) is 4.90 Å². The van der Waals surface area contributed by atoms with Crippen LogP contribution >= 0.6 is 0 Å². The zero-order valence-electron chi connectivity index (χ0n) is 14.9. The van der Waals surface area contributed by atoms with E-state index < -0.39 is 5.54 Å². The second-order valence-corrected chi connectivity index (χ2v) is 7.21. The third-order valence-corrected chi connectivity index (χ3v) is 5.03. The van der Waals surface area contributed by atoms with Crippen LogP contribution in [-0.2, 0) is 6.54 Å². The maximum absolute atomic E-state index is 12.2. The van der Waals surface area contributed by atoms with E-state index in [9.17, 15) is 9.90 Å². The van der Waals surface area contributed by atoms with Gasteiger partial charge in [0.15, 0.2) is 0 Å². The molecule has 0 amide bonds. The van der Waals surface area contributed by atoms with Crippen molar-refractivity contribution < 1.29 is 14.3 Å². The third kappa shape index (κ3) is 2.79. The van der Waals surface area contributed by atoms with Crippen LogP contribution in [0.5, 0.6) is 5.75 Å². The first-order valence-electron chi connectivity index (χ1n) is 8.63. The average Bonchev–Trinajstić information content (AvgIpc) is 2.67. The number of aliphatic hydroxyl groups excluding tert-OH is 1. The van der Waals surface area contributed by atoms with Crippen LogP contribution in [0.3, 0.4) is 0 Å². The Hall–Kier alpha value is -2.63. The van der Waals surface area contributed by atoms with Crippen LogP contribution in [0.25, 0.3) is 22.1 Å². The second-order valence-electron chi connectivity index (χ2n) is 7.21. The number of ether oxygens (including phenoxy) is 1. The first-order valence-corrected chi connectivity index (χ1v) is 8.63. The largest absolute Gasteiger partial charge is 0.478 e. The molecular weight excluding hydrogens is 330 g/mol. The van der Waals surface area contributed by atoms with Gasteiger partial charge in [-0.25, -0.2) is 4.79 Å². The van der Waals surface area contributed by atoms with E-state index in [4.69, 9.17) is 9.15 Å². The summed E-state index contributed by atoms with van der Waals surface area (Å²) in [6.07, 6.45) is 0. The normalized spacial score (nSPS) is 14.9. The minimum atomic E-state index is -0.433. The monoisotopic (exact) mass is 351 g/mol. The predicted octanol–water partition coefficient (Wildman–Crippen LogP) is 3.38. The molecule has 1 aromatic heterocycles. The molecule has 5 heteroatoms. The van der Waals surface area contributed by atoms with Crippen LogP contribution in [0.15, 0.2) is 57.7 Å². The van der Waals surface area contributed by atoms with E-state index in [1.165, 1.54) is 6.07 Å². The third-order valence-electron chi connectivity index (χ3n) is 5.03. The topological polar surface area (TPSA) is 62.9 Å². The molecule has 0 saturated heterocycles. The molecule has 26 heavy (non-hydrogen) atoms. The fourth-order valence-electron chi connectivity index (χ4n) is 3.28. The lowest BCUT2D eigenvalue weighted by Crippen LogP contribution is -2.49. The summed E-state index contributed by atoms with van der Waals surface area (Å²) < 4.78 is 11.5. The van der Waals surface area contributed by atoms with Gasteiger partial charge >= 0.3 is 5.63 Å². The summed E-state index contributed by atoms with van der Waals surface area (Å²) >= 11 is 0. The van der Waals surface area contributed by atoms with Gasteiger partial charge in [-0.3, -0.25) is 4.90 Å². The summed E-state index contributed by atoms with van der Waals surface area (Å²) in [6, 6.07) is 15.2. The molecule has 3 aromatic rings. The molecule has 2 aromatic carbocycles. The van der Waals surface area contributed by atoms with E-state index in [1.54, 1.807) is 0 Å². The molecule has 0 unspecified atom stereocenters. The number of fused-ring (bicyclic) bond motifs is 3. The van der Waals surface area contributed by atoms with Gasteiger partial charge < -0.3 is 14.3 Å². The summed E-state index contributed by atoms with van der Waals surface area (Å²) in [5, 5.41) is 10.6. The van der Waals surface area contributed by atoms with Gasteiger partial charge in [0, 0.05) is 23.5 Å². The van der Waals surface area contributed by atoms with E-state index >= 15 is 0 Å². The van der Waals surface area contributed by atoms with Crippen molar-refractivity contribution in [3.63, 3.8) is 0 Å².